The lowest BCUT2D eigenvalue weighted by atomic mass is 9.99. The smallest absolute Gasteiger partial charge is 0.167 e. The maximum atomic E-state index is 10.3. The van der Waals surface area contributed by atoms with Gasteiger partial charge in [0, 0.05) is 10.0 Å². The van der Waals surface area contributed by atoms with Crippen LogP contribution >= 0.6 is 15.9 Å². The molecule has 1 aromatic carbocycles. The monoisotopic (exact) mass is 298 g/mol. The molecule has 1 atom stereocenters. The summed E-state index contributed by atoms with van der Waals surface area (Å²) in [6, 6.07) is 1.96. The van der Waals surface area contributed by atoms with E-state index in [1.165, 1.54) is 5.56 Å². The quantitative estimate of drug-likeness (QED) is 0.749. The third kappa shape index (κ3) is 1.93. The molecule has 3 rings (SSSR count). The van der Waals surface area contributed by atoms with Crippen molar-refractivity contribution in [1.82, 2.24) is 0 Å². The van der Waals surface area contributed by atoms with Gasteiger partial charge in [-0.3, -0.25) is 0 Å². The summed E-state index contributed by atoms with van der Waals surface area (Å²) in [6.45, 7) is 1.14. The lowest BCUT2D eigenvalue weighted by Gasteiger charge is -2.25. The van der Waals surface area contributed by atoms with E-state index >= 15 is 0 Å². The Bertz CT molecular complexity index is 445. The third-order valence-electron chi connectivity index (χ3n) is 3.41. The number of rotatable bonds is 0. The van der Waals surface area contributed by atoms with Gasteiger partial charge in [-0.1, -0.05) is 22.4 Å². The highest BCUT2D eigenvalue weighted by Gasteiger charge is 2.27. The maximum absolute atomic E-state index is 10.3. The SMILES string of the molecule is OC1CCCCc2c(Br)cc3c(c21)OCCO3. The Morgan fingerprint density at radius 3 is 2.94 bits per heavy atom. The standard InChI is InChI=1S/C13H15BrO3/c14-9-7-11-13(17-6-5-16-11)12-8(9)3-1-2-4-10(12)15/h7,10,15H,1-6H2. The van der Waals surface area contributed by atoms with Crippen LogP contribution in [0, 0.1) is 0 Å². The van der Waals surface area contributed by atoms with E-state index in [0.717, 1.165) is 47.2 Å². The van der Waals surface area contributed by atoms with E-state index in [1.54, 1.807) is 0 Å². The Morgan fingerprint density at radius 1 is 1.24 bits per heavy atom. The highest BCUT2D eigenvalue weighted by molar-refractivity contribution is 9.10. The second-order valence-electron chi connectivity index (χ2n) is 4.54. The van der Waals surface area contributed by atoms with Crippen LogP contribution in [0.25, 0.3) is 0 Å². The van der Waals surface area contributed by atoms with Crippen molar-refractivity contribution < 1.29 is 14.6 Å². The molecule has 0 saturated carbocycles. The molecule has 92 valence electrons. The molecule has 4 heteroatoms. The molecule has 0 fully saturated rings. The van der Waals surface area contributed by atoms with Crippen molar-refractivity contribution in [2.75, 3.05) is 13.2 Å². The van der Waals surface area contributed by atoms with Gasteiger partial charge in [-0.15, -0.1) is 0 Å². The molecule has 0 amide bonds. The normalized spacial score (nSPS) is 22.8. The molecule has 0 bridgehead atoms. The van der Waals surface area contributed by atoms with E-state index < -0.39 is 6.10 Å². The molecule has 0 aromatic heterocycles. The van der Waals surface area contributed by atoms with Gasteiger partial charge >= 0.3 is 0 Å². The zero-order valence-electron chi connectivity index (χ0n) is 9.54. The van der Waals surface area contributed by atoms with Gasteiger partial charge in [0.15, 0.2) is 11.5 Å². The summed E-state index contributed by atoms with van der Waals surface area (Å²) in [5, 5.41) is 10.3. The van der Waals surface area contributed by atoms with Gasteiger partial charge in [0.05, 0.1) is 6.10 Å². The average Bonchev–Trinajstić information content (AvgIpc) is 2.52. The van der Waals surface area contributed by atoms with Crippen molar-refractivity contribution >= 4 is 15.9 Å². The van der Waals surface area contributed by atoms with Crippen molar-refractivity contribution in [2.24, 2.45) is 0 Å². The summed E-state index contributed by atoms with van der Waals surface area (Å²) in [5.41, 5.74) is 2.12. The third-order valence-corrected chi connectivity index (χ3v) is 4.12. The highest BCUT2D eigenvalue weighted by atomic mass is 79.9. The highest BCUT2D eigenvalue weighted by Crippen LogP contribution is 2.45. The summed E-state index contributed by atoms with van der Waals surface area (Å²) in [5.74, 6) is 1.51. The van der Waals surface area contributed by atoms with E-state index in [9.17, 15) is 5.11 Å². The average molecular weight is 299 g/mol. The predicted molar refractivity (Wildman–Crippen MR) is 67.6 cm³/mol. The van der Waals surface area contributed by atoms with Crippen molar-refractivity contribution in [2.45, 2.75) is 31.8 Å². The number of halogens is 1. The van der Waals surface area contributed by atoms with Crippen LogP contribution in [-0.4, -0.2) is 18.3 Å². The summed E-state index contributed by atoms with van der Waals surface area (Å²) < 4.78 is 12.3. The van der Waals surface area contributed by atoms with Crippen LogP contribution in [0.5, 0.6) is 11.5 Å². The minimum Gasteiger partial charge on any atom is -0.486 e. The molecule has 0 saturated heterocycles. The molecular weight excluding hydrogens is 284 g/mol. The van der Waals surface area contributed by atoms with Crippen LogP contribution in [0.1, 0.15) is 36.5 Å². The molecule has 2 aliphatic rings. The number of benzene rings is 1. The molecule has 0 spiro atoms. The van der Waals surface area contributed by atoms with E-state index in [1.807, 2.05) is 6.07 Å². The second-order valence-corrected chi connectivity index (χ2v) is 5.39. The van der Waals surface area contributed by atoms with E-state index in [0.29, 0.717) is 13.2 Å². The minimum atomic E-state index is -0.430. The first-order valence-electron chi connectivity index (χ1n) is 6.06. The molecule has 1 heterocycles. The number of ether oxygens (including phenoxy) is 2. The Morgan fingerprint density at radius 2 is 2.06 bits per heavy atom. The first-order chi connectivity index (χ1) is 8.27. The number of hydrogen-bond acceptors (Lipinski definition) is 3. The summed E-state index contributed by atoms with van der Waals surface area (Å²) in [7, 11) is 0. The van der Waals surface area contributed by atoms with Gasteiger partial charge in [-0.2, -0.15) is 0 Å². The fourth-order valence-electron chi connectivity index (χ4n) is 2.61. The molecule has 0 radical (unpaired) electrons. The molecule has 1 aromatic rings. The summed E-state index contributed by atoms with van der Waals surface area (Å²) in [6.07, 6.45) is 3.53. The van der Waals surface area contributed by atoms with Crippen LogP contribution in [0.15, 0.2) is 10.5 Å². The van der Waals surface area contributed by atoms with Gasteiger partial charge in [0.2, 0.25) is 0 Å². The number of aliphatic hydroxyl groups is 1. The molecule has 17 heavy (non-hydrogen) atoms. The van der Waals surface area contributed by atoms with Crippen LogP contribution in [0.3, 0.4) is 0 Å². The lowest BCUT2D eigenvalue weighted by molar-refractivity contribution is 0.140. The van der Waals surface area contributed by atoms with Crippen LogP contribution < -0.4 is 9.47 Å². The van der Waals surface area contributed by atoms with Gasteiger partial charge in [0.1, 0.15) is 13.2 Å². The van der Waals surface area contributed by atoms with E-state index in [-0.39, 0.29) is 0 Å². The molecular formula is C13H15BrO3. The summed E-state index contributed by atoms with van der Waals surface area (Å²) in [4.78, 5) is 0. The van der Waals surface area contributed by atoms with Crippen molar-refractivity contribution in [3.8, 4) is 11.5 Å². The Kier molecular flexibility index (Phi) is 3.01. The lowest BCUT2D eigenvalue weighted by Crippen LogP contribution is -2.18. The zero-order chi connectivity index (χ0) is 11.8. The molecule has 1 aliphatic carbocycles. The molecule has 1 unspecified atom stereocenters. The Hall–Kier alpha value is -0.740. The first kappa shape index (κ1) is 11.4. The molecule has 1 N–H and O–H groups in total. The van der Waals surface area contributed by atoms with Gasteiger partial charge < -0.3 is 14.6 Å². The van der Waals surface area contributed by atoms with Crippen LogP contribution in [0.4, 0.5) is 0 Å². The van der Waals surface area contributed by atoms with Crippen molar-refractivity contribution in [3.05, 3.63) is 21.7 Å². The second kappa shape index (κ2) is 4.50. The maximum Gasteiger partial charge on any atom is 0.167 e. The topological polar surface area (TPSA) is 38.7 Å². The number of hydrogen-bond donors (Lipinski definition) is 1. The summed E-state index contributed by atoms with van der Waals surface area (Å²) >= 11 is 3.58. The fourth-order valence-corrected chi connectivity index (χ4v) is 3.23. The van der Waals surface area contributed by atoms with Gasteiger partial charge in [-0.25, -0.2) is 0 Å². The number of aliphatic hydroxyl groups excluding tert-OH is 1. The first-order valence-corrected chi connectivity index (χ1v) is 6.85. The van der Waals surface area contributed by atoms with Crippen molar-refractivity contribution in [1.29, 1.82) is 0 Å². The van der Waals surface area contributed by atoms with E-state index in [4.69, 9.17) is 9.47 Å². The van der Waals surface area contributed by atoms with Crippen LogP contribution in [0.2, 0.25) is 0 Å². The van der Waals surface area contributed by atoms with Crippen LogP contribution in [-0.2, 0) is 6.42 Å². The van der Waals surface area contributed by atoms with Gasteiger partial charge in [0.25, 0.3) is 0 Å². The van der Waals surface area contributed by atoms with E-state index in [2.05, 4.69) is 15.9 Å². The molecule has 1 aliphatic heterocycles. The Labute approximate surface area is 109 Å². The van der Waals surface area contributed by atoms with Gasteiger partial charge in [-0.05, 0) is 30.9 Å². The Balaban J connectivity index is 2.19. The number of fused-ring (bicyclic) bond motifs is 3. The predicted octanol–water partition coefficient (Wildman–Crippen LogP) is 2.98. The minimum absolute atomic E-state index is 0.430. The van der Waals surface area contributed by atoms with Crippen molar-refractivity contribution in [3.63, 3.8) is 0 Å². The zero-order valence-corrected chi connectivity index (χ0v) is 11.1. The molecule has 3 nitrogen and oxygen atoms in total. The fraction of sp³-hybridized carbons (Fsp3) is 0.538. The largest absolute Gasteiger partial charge is 0.486 e.